The highest BCUT2D eigenvalue weighted by molar-refractivity contribution is 5.92. The zero-order valence-corrected chi connectivity index (χ0v) is 14.4. The Kier molecular flexibility index (Phi) is 4.30. The van der Waals surface area contributed by atoms with Crippen molar-refractivity contribution in [2.75, 3.05) is 31.1 Å². The molecule has 1 aliphatic heterocycles. The monoisotopic (exact) mass is 350 g/mol. The average Bonchev–Trinajstić information content (AvgIpc) is 3.15. The van der Waals surface area contributed by atoms with Gasteiger partial charge in [0.05, 0.1) is 6.20 Å². The van der Waals surface area contributed by atoms with Gasteiger partial charge in [0.1, 0.15) is 5.69 Å². The van der Waals surface area contributed by atoms with Gasteiger partial charge in [-0.2, -0.15) is 4.98 Å². The van der Waals surface area contributed by atoms with E-state index >= 15 is 0 Å². The standard InChI is InChI=1S/C18H18N6O2/c1-13-21-17(22-26-13)14-2-4-15(5-3-14)23-8-10-24(11-9-23)18(25)16-12-19-6-7-20-16/h2-7,12H,8-11H2,1H3. The molecule has 3 aromatic rings. The van der Waals surface area contributed by atoms with Crippen molar-refractivity contribution in [2.45, 2.75) is 6.92 Å². The van der Waals surface area contributed by atoms with E-state index in [2.05, 4.69) is 25.0 Å². The maximum atomic E-state index is 12.4. The molecule has 26 heavy (non-hydrogen) atoms. The third kappa shape index (κ3) is 3.26. The van der Waals surface area contributed by atoms with Crippen LogP contribution in [0.1, 0.15) is 16.4 Å². The fraction of sp³-hybridized carbons (Fsp3) is 0.278. The lowest BCUT2D eigenvalue weighted by Crippen LogP contribution is -2.49. The minimum Gasteiger partial charge on any atom is -0.368 e. The molecule has 8 nitrogen and oxygen atoms in total. The van der Waals surface area contributed by atoms with Crippen LogP contribution in [0, 0.1) is 6.92 Å². The van der Waals surface area contributed by atoms with Crippen molar-refractivity contribution in [1.29, 1.82) is 0 Å². The van der Waals surface area contributed by atoms with Crippen molar-refractivity contribution in [3.63, 3.8) is 0 Å². The highest BCUT2D eigenvalue weighted by Gasteiger charge is 2.23. The lowest BCUT2D eigenvalue weighted by atomic mass is 10.1. The van der Waals surface area contributed by atoms with Crippen molar-refractivity contribution in [2.24, 2.45) is 0 Å². The number of carbonyl (C=O) groups excluding carboxylic acids is 1. The van der Waals surface area contributed by atoms with Gasteiger partial charge >= 0.3 is 0 Å². The zero-order valence-electron chi connectivity index (χ0n) is 14.4. The molecule has 1 fully saturated rings. The highest BCUT2D eigenvalue weighted by Crippen LogP contribution is 2.22. The SMILES string of the molecule is Cc1nc(-c2ccc(N3CCN(C(=O)c4cnccn4)CC3)cc2)no1. The quantitative estimate of drug-likeness (QED) is 0.711. The summed E-state index contributed by atoms with van der Waals surface area (Å²) in [7, 11) is 0. The summed E-state index contributed by atoms with van der Waals surface area (Å²) >= 11 is 0. The number of benzene rings is 1. The lowest BCUT2D eigenvalue weighted by molar-refractivity contribution is 0.0740. The molecule has 132 valence electrons. The number of amides is 1. The topological polar surface area (TPSA) is 88.3 Å². The van der Waals surface area contributed by atoms with Gasteiger partial charge in [-0.3, -0.25) is 9.78 Å². The predicted octanol–water partition coefficient (Wildman–Crippen LogP) is 1.80. The molecule has 0 radical (unpaired) electrons. The average molecular weight is 350 g/mol. The molecule has 8 heteroatoms. The second-order valence-corrected chi connectivity index (χ2v) is 6.05. The van der Waals surface area contributed by atoms with E-state index in [0.717, 1.165) is 24.3 Å². The van der Waals surface area contributed by atoms with E-state index in [9.17, 15) is 4.79 Å². The number of anilines is 1. The van der Waals surface area contributed by atoms with Crippen LogP contribution in [0.2, 0.25) is 0 Å². The normalized spacial score (nSPS) is 14.5. The first-order chi connectivity index (χ1) is 12.7. The Morgan fingerprint density at radius 3 is 2.46 bits per heavy atom. The molecule has 0 atom stereocenters. The molecule has 0 aliphatic carbocycles. The number of nitrogens with zero attached hydrogens (tertiary/aromatic N) is 6. The van der Waals surface area contributed by atoms with E-state index in [1.807, 2.05) is 29.2 Å². The molecular weight excluding hydrogens is 332 g/mol. The van der Waals surface area contributed by atoms with Gasteiger partial charge in [0.25, 0.3) is 5.91 Å². The van der Waals surface area contributed by atoms with Crippen LogP contribution in [0.3, 0.4) is 0 Å². The van der Waals surface area contributed by atoms with Crippen molar-refractivity contribution >= 4 is 11.6 Å². The molecule has 0 saturated carbocycles. The van der Waals surface area contributed by atoms with Crippen molar-refractivity contribution in [1.82, 2.24) is 25.0 Å². The summed E-state index contributed by atoms with van der Waals surface area (Å²) in [5.41, 5.74) is 2.42. The summed E-state index contributed by atoms with van der Waals surface area (Å²) in [5.74, 6) is 1.07. The lowest BCUT2D eigenvalue weighted by Gasteiger charge is -2.36. The van der Waals surface area contributed by atoms with E-state index in [0.29, 0.717) is 30.5 Å². The largest absolute Gasteiger partial charge is 0.368 e. The van der Waals surface area contributed by atoms with Crippen LogP contribution >= 0.6 is 0 Å². The number of rotatable bonds is 3. The van der Waals surface area contributed by atoms with Gasteiger partial charge in [-0.15, -0.1) is 0 Å². The summed E-state index contributed by atoms with van der Waals surface area (Å²) in [6.45, 7) is 4.62. The molecule has 1 saturated heterocycles. The summed E-state index contributed by atoms with van der Waals surface area (Å²) in [6.07, 6.45) is 4.61. The Hall–Kier alpha value is -3.29. The van der Waals surface area contributed by atoms with Gasteiger partial charge in [0.15, 0.2) is 0 Å². The number of piperazine rings is 1. The van der Waals surface area contributed by atoms with Gasteiger partial charge in [-0.1, -0.05) is 5.16 Å². The van der Waals surface area contributed by atoms with Crippen molar-refractivity contribution < 1.29 is 9.32 Å². The van der Waals surface area contributed by atoms with E-state index in [4.69, 9.17) is 4.52 Å². The highest BCUT2D eigenvalue weighted by atomic mass is 16.5. The molecule has 3 heterocycles. The number of aromatic nitrogens is 4. The minimum absolute atomic E-state index is 0.0689. The Morgan fingerprint density at radius 1 is 1.08 bits per heavy atom. The predicted molar refractivity (Wildman–Crippen MR) is 94.6 cm³/mol. The number of carbonyl (C=O) groups is 1. The van der Waals surface area contributed by atoms with Crippen LogP contribution in [0.4, 0.5) is 5.69 Å². The smallest absolute Gasteiger partial charge is 0.274 e. The van der Waals surface area contributed by atoms with E-state index in [1.54, 1.807) is 13.1 Å². The van der Waals surface area contributed by atoms with Crippen LogP contribution < -0.4 is 4.90 Å². The van der Waals surface area contributed by atoms with Crippen LogP contribution in [0.15, 0.2) is 47.4 Å². The number of aryl methyl sites for hydroxylation is 1. The molecular formula is C18H18N6O2. The zero-order chi connectivity index (χ0) is 17.9. The third-order valence-electron chi connectivity index (χ3n) is 4.37. The van der Waals surface area contributed by atoms with Crippen LogP contribution in [-0.4, -0.2) is 57.1 Å². The van der Waals surface area contributed by atoms with Gasteiger partial charge in [0, 0.05) is 56.7 Å². The second kappa shape index (κ2) is 6.91. The van der Waals surface area contributed by atoms with Gasteiger partial charge in [-0.25, -0.2) is 4.98 Å². The second-order valence-electron chi connectivity index (χ2n) is 6.05. The maximum absolute atomic E-state index is 12.4. The Labute approximate surface area is 150 Å². The van der Waals surface area contributed by atoms with Gasteiger partial charge < -0.3 is 14.3 Å². The molecule has 2 aromatic heterocycles. The molecule has 0 unspecified atom stereocenters. The molecule has 1 aromatic carbocycles. The third-order valence-corrected chi connectivity index (χ3v) is 4.37. The first-order valence-corrected chi connectivity index (χ1v) is 8.42. The first kappa shape index (κ1) is 16.2. The Bertz CT molecular complexity index is 886. The van der Waals surface area contributed by atoms with Crippen molar-refractivity contribution in [3.05, 3.63) is 54.4 Å². The van der Waals surface area contributed by atoms with E-state index < -0.39 is 0 Å². The molecule has 0 N–H and O–H groups in total. The Balaban J connectivity index is 1.39. The molecule has 0 spiro atoms. The molecule has 1 amide bonds. The van der Waals surface area contributed by atoms with E-state index in [-0.39, 0.29) is 5.91 Å². The van der Waals surface area contributed by atoms with E-state index in [1.165, 1.54) is 12.4 Å². The number of hydrogen-bond acceptors (Lipinski definition) is 7. The first-order valence-electron chi connectivity index (χ1n) is 8.42. The molecule has 4 rings (SSSR count). The molecule has 0 bridgehead atoms. The van der Waals surface area contributed by atoms with Crippen LogP contribution in [-0.2, 0) is 0 Å². The maximum Gasteiger partial charge on any atom is 0.274 e. The summed E-state index contributed by atoms with van der Waals surface area (Å²) in [4.78, 5) is 28.8. The summed E-state index contributed by atoms with van der Waals surface area (Å²) in [5, 5.41) is 3.93. The van der Waals surface area contributed by atoms with Crippen LogP contribution in [0.25, 0.3) is 11.4 Å². The summed E-state index contributed by atoms with van der Waals surface area (Å²) < 4.78 is 5.02. The van der Waals surface area contributed by atoms with Gasteiger partial charge in [-0.05, 0) is 24.3 Å². The minimum atomic E-state index is -0.0689. The van der Waals surface area contributed by atoms with Gasteiger partial charge in [0.2, 0.25) is 11.7 Å². The molecule has 1 aliphatic rings. The Morgan fingerprint density at radius 2 is 1.85 bits per heavy atom. The summed E-state index contributed by atoms with van der Waals surface area (Å²) in [6, 6.07) is 8.05. The fourth-order valence-electron chi connectivity index (χ4n) is 2.98. The fourth-order valence-corrected chi connectivity index (χ4v) is 2.98. The van der Waals surface area contributed by atoms with Crippen molar-refractivity contribution in [3.8, 4) is 11.4 Å². The number of hydrogen-bond donors (Lipinski definition) is 0. The van der Waals surface area contributed by atoms with Crippen LogP contribution in [0.5, 0.6) is 0 Å².